The molecular formula is C29H25FN2O4S. The summed E-state index contributed by atoms with van der Waals surface area (Å²) in [6.45, 7) is 3.42. The van der Waals surface area contributed by atoms with Crippen LogP contribution in [0.4, 0.5) is 14.9 Å². The van der Waals surface area contributed by atoms with Crippen molar-refractivity contribution in [2.24, 2.45) is 0 Å². The van der Waals surface area contributed by atoms with Crippen LogP contribution < -0.4 is 5.32 Å². The maximum atomic E-state index is 14.0. The molecule has 188 valence electrons. The average Bonchev–Trinajstić information content (AvgIpc) is 3.64. The highest BCUT2D eigenvalue weighted by molar-refractivity contribution is 7.10. The van der Waals surface area contributed by atoms with Gasteiger partial charge in [-0.3, -0.25) is 10.1 Å². The highest BCUT2D eigenvalue weighted by atomic mass is 32.1. The number of anilines is 1. The van der Waals surface area contributed by atoms with Crippen molar-refractivity contribution in [2.45, 2.75) is 38.2 Å². The molecule has 2 N–H and O–H groups in total. The van der Waals surface area contributed by atoms with Crippen LogP contribution >= 0.6 is 11.5 Å². The SMILES string of the molecule is Cc1nsc(-c2ccc(-c3ccc(C4(C(=O)O)CC4)cc3)cc2)c1NC(=O)OC(C)c1ccccc1F. The Morgan fingerprint density at radius 3 is 2.19 bits per heavy atom. The average molecular weight is 517 g/mol. The highest BCUT2D eigenvalue weighted by Crippen LogP contribution is 2.48. The molecule has 1 fully saturated rings. The molecule has 5 rings (SSSR count). The zero-order valence-corrected chi connectivity index (χ0v) is 21.1. The van der Waals surface area contributed by atoms with Crippen LogP contribution in [0.15, 0.2) is 72.8 Å². The molecule has 1 saturated carbocycles. The first-order valence-corrected chi connectivity index (χ1v) is 12.7. The summed E-state index contributed by atoms with van der Waals surface area (Å²) in [5.41, 5.74) is 4.49. The number of carbonyl (C=O) groups is 2. The minimum atomic E-state index is -0.764. The van der Waals surface area contributed by atoms with Crippen molar-refractivity contribution >= 4 is 29.3 Å². The van der Waals surface area contributed by atoms with Crippen molar-refractivity contribution in [3.05, 3.63) is 95.4 Å². The predicted molar refractivity (Wildman–Crippen MR) is 141 cm³/mol. The number of carbonyl (C=O) groups excluding carboxylic acids is 1. The van der Waals surface area contributed by atoms with Crippen LogP contribution in [0.2, 0.25) is 0 Å². The summed E-state index contributed by atoms with van der Waals surface area (Å²) in [6.07, 6.45) is -0.0907. The second kappa shape index (κ2) is 9.78. The molecule has 0 spiro atoms. The molecule has 1 aliphatic carbocycles. The molecule has 8 heteroatoms. The molecule has 1 heterocycles. The van der Waals surface area contributed by atoms with Gasteiger partial charge in [0, 0.05) is 5.56 Å². The van der Waals surface area contributed by atoms with E-state index in [9.17, 15) is 19.1 Å². The zero-order chi connectivity index (χ0) is 26.2. The van der Waals surface area contributed by atoms with E-state index in [1.165, 1.54) is 17.6 Å². The normalized spacial score (nSPS) is 14.6. The molecule has 1 atom stereocenters. The molecule has 3 aromatic carbocycles. The lowest BCUT2D eigenvalue weighted by molar-refractivity contribution is -0.140. The number of halogens is 1. The number of ether oxygens (including phenoxy) is 1. The number of nitrogens with one attached hydrogen (secondary N) is 1. The third kappa shape index (κ3) is 4.84. The molecule has 4 aromatic rings. The molecule has 37 heavy (non-hydrogen) atoms. The van der Waals surface area contributed by atoms with E-state index in [1.54, 1.807) is 32.0 Å². The van der Waals surface area contributed by atoms with Crippen LogP contribution in [0.1, 0.15) is 42.7 Å². The van der Waals surface area contributed by atoms with E-state index in [0.717, 1.165) is 27.1 Å². The lowest BCUT2D eigenvalue weighted by atomic mass is 9.93. The van der Waals surface area contributed by atoms with E-state index < -0.39 is 29.4 Å². The lowest BCUT2D eigenvalue weighted by Gasteiger charge is -2.15. The van der Waals surface area contributed by atoms with Crippen molar-refractivity contribution in [2.75, 3.05) is 5.32 Å². The number of aryl methyl sites for hydroxylation is 1. The maximum absolute atomic E-state index is 14.0. The van der Waals surface area contributed by atoms with Gasteiger partial charge in [-0.15, -0.1) is 0 Å². The Morgan fingerprint density at radius 2 is 1.59 bits per heavy atom. The largest absolute Gasteiger partial charge is 0.481 e. The molecule has 0 saturated heterocycles. The summed E-state index contributed by atoms with van der Waals surface area (Å²) in [5.74, 6) is -1.19. The van der Waals surface area contributed by atoms with Crippen LogP contribution in [0.3, 0.4) is 0 Å². The number of hydrogen-bond donors (Lipinski definition) is 2. The monoisotopic (exact) mass is 516 g/mol. The second-order valence-electron chi connectivity index (χ2n) is 9.21. The van der Waals surface area contributed by atoms with E-state index in [4.69, 9.17) is 4.74 Å². The quantitative estimate of drug-likeness (QED) is 0.268. The molecule has 0 radical (unpaired) electrons. The Bertz CT molecular complexity index is 1460. The number of aliphatic carboxylic acids is 1. The van der Waals surface area contributed by atoms with Gasteiger partial charge in [0.1, 0.15) is 11.9 Å². The molecule has 1 unspecified atom stereocenters. The summed E-state index contributed by atoms with van der Waals surface area (Å²) in [6, 6.07) is 21.7. The summed E-state index contributed by atoms with van der Waals surface area (Å²) in [7, 11) is 0. The van der Waals surface area contributed by atoms with E-state index in [-0.39, 0.29) is 0 Å². The third-order valence-corrected chi connectivity index (χ3v) is 7.78. The lowest BCUT2D eigenvalue weighted by Crippen LogP contribution is -2.19. The number of nitrogens with zero attached hydrogens (tertiary/aromatic N) is 1. The van der Waals surface area contributed by atoms with Gasteiger partial charge in [0.15, 0.2) is 0 Å². The van der Waals surface area contributed by atoms with Crippen LogP contribution in [-0.2, 0) is 14.9 Å². The number of carboxylic acids is 1. The van der Waals surface area contributed by atoms with Gasteiger partial charge in [-0.25, -0.2) is 9.18 Å². The van der Waals surface area contributed by atoms with Gasteiger partial charge in [-0.2, -0.15) is 4.37 Å². The summed E-state index contributed by atoms with van der Waals surface area (Å²) in [4.78, 5) is 25.0. The molecule has 0 bridgehead atoms. The van der Waals surface area contributed by atoms with Crippen LogP contribution in [-0.4, -0.2) is 21.5 Å². The van der Waals surface area contributed by atoms with Crippen molar-refractivity contribution in [1.29, 1.82) is 0 Å². The second-order valence-corrected chi connectivity index (χ2v) is 9.98. The standard InChI is InChI=1S/C29H25FN2O4S/c1-17-25(31-28(35)36-18(2)23-5-3-4-6-24(23)30)26(37-32-17)21-9-7-19(8-10-21)20-11-13-22(14-12-20)29(15-16-29)27(33)34/h3-14,18H,15-16H2,1-2H3,(H,31,35)(H,33,34). The number of aromatic nitrogens is 1. The van der Waals surface area contributed by atoms with E-state index in [1.807, 2.05) is 48.5 Å². The van der Waals surface area contributed by atoms with Gasteiger partial charge in [-0.1, -0.05) is 66.7 Å². The van der Waals surface area contributed by atoms with Gasteiger partial charge in [0.25, 0.3) is 0 Å². The van der Waals surface area contributed by atoms with Gasteiger partial charge in [0.2, 0.25) is 0 Å². The predicted octanol–water partition coefficient (Wildman–Crippen LogP) is 7.35. The first-order chi connectivity index (χ1) is 17.8. The van der Waals surface area contributed by atoms with Gasteiger partial charge in [-0.05, 0) is 66.5 Å². The first kappa shape index (κ1) is 24.6. The minimum absolute atomic E-state index is 0.303. The van der Waals surface area contributed by atoms with Gasteiger partial charge in [0.05, 0.1) is 21.7 Å². The third-order valence-electron chi connectivity index (χ3n) is 6.79. The van der Waals surface area contributed by atoms with Crippen molar-refractivity contribution < 1.29 is 23.8 Å². The Hall–Kier alpha value is -4.04. The maximum Gasteiger partial charge on any atom is 0.412 e. The fourth-order valence-corrected chi connectivity index (χ4v) is 5.27. The zero-order valence-electron chi connectivity index (χ0n) is 20.3. The highest BCUT2D eigenvalue weighted by Gasteiger charge is 2.51. The van der Waals surface area contributed by atoms with Gasteiger partial charge < -0.3 is 9.84 Å². The number of rotatable bonds is 7. The Balaban J connectivity index is 1.30. The number of benzene rings is 3. The van der Waals surface area contributed by atoms with E-state index in [0.29, 0.717) is 29.8 Å². The number of hydrogen-bond acceptors (Lipinski definition) is 5. The Kier molecular flexibility index (Phi) is 6.52. The van der Waals surface area contributed by atoms with E-state index in [2.05, 4.69) is 9.69 Å². The Morgan fingerprint density at radius 1 is 1.00 bits per heavy atom. The number of amides is 1. The summed E-state index contributed by atoms with van der Waals surface area (Å²) >= 11 is 1.27. The molecular weight excluding hydrogens is 491 g/mol. The van der Waals surface area contributed by atoms with Crippen molar-refractivity contribution in [3.63, 3.8) is 0 Å². The van der Waals surface area contributed by atoms with Crippen LogP contribution in [0.5, 0.6) is 0 Å². The van der Waals surface area contributed by atoms with E-state index >= 15 is 0 Å². The topological polar surface area (TPSA) is 88.5 Å². The molecule has 6 nitrogen and oxygen atoms in total. The smallest absolute Gasteiger partial charge is 0.412 e. The number of carboxylic acid groups (broad SMARTS) is 1. The summed E-state index contributed by atoms with van der Waals surface area (Å²) in [5, 5.41) is 12.3. The fraction of sp³-hybridized carbons (Fsp3) is 0.207. The molecule has 1 aliphatic rings. The summed E-state index contributed by atoms with van der Waals surface area (Å²) < 4.78 is 23.8. The Labute approximate surface area is 217 Å². The van der Waals surface area contributed by atoms with Crippen molar-refractivity contribution in [1.82, 2.24) is 4.37 Å². The van der Waals surface area contributed by atoms with Crippen molar-refractivity contribution in [3.8, 4) is 21.6 Å². The first-order valence-electron chi connectivity index (χ1n) is 11.9. The minimum Gasteiger partial charge on any atom is -0.481 e. The van der Waals surface area contributed by atoms with Crippen LogP contribution in [0.25, 0.3) is 21.6 Å². The molecule has 1 amide bonds. The molecule has 0 aliphatic heterocycles. The van der Waals surface area contributed by atoms with Gasteiger partial charge >= 0.3 is 12.1 Å². The molecule has 1 aromatic heterocycles. The fourth-order valence-electron chi connectivity index (χ4n) is 4.42. The van der Waals surface area contributed by atoms with Crippen LogP contribution in [0, 0.1) is 12.7 Å².